The molecule has 7 rings (SSSR count). The van der Waals surface area contributed by atoms with Crippen LogP contribution in [-0.2, 0) is 9.59 Å². The van der Waals surface area contributed by atoms with Gasteiger partial charge in [0.2, 0.25) is 11.8 Å². The van der Waals surface area contributed by atoms with Crippen molar-refractivity contribution >= 4 is 51.9 Å². The molecule has 1 aromatic carbocycles. The number of thioether (sulfide) groups is 1. The van der Waals surface area contributed by atoms with Crippen LogP contribution in [0, 0.1) is 29.6 Å². The number of fused-ring (bicyclic) bond motifs is 9. The molecule has 4 heterocycles. The van der Waals surface area contributed by atoms with Gasteiger partial charge in [-0.05, 0) is 47.8 Å². The molecule has 2 saturated carbocycles. The van der Waals surface area contributed by atoms with Crippen LogP contribution in [0.25, 0.3) is 0 Å². The lowest BCUT2D eigenvalue weighted by atomic mass is 9.69. The second-order valence-electron chi connectivity index (χ2n) is 8.82. The zero-order chi connectivity index (χ0) is 20.9. The average Bonchev–Trinajstić information content (AvgIpc) is 3.56. The number of amides is 2. The van der Waals surface area contributed by atoms with Crippen molar-refractivity contribution in [1.82, 2.24) is 4.98 Å². The van der Waals surface area contributed by atoms with Gasteiger partial charge in [0.05, 0.1) is 22.5 Å². The van der Waals surface area contributed by atoms with Crippen LogP contribution in [-0.4, -0.2) is 22.0 Å². The number of H-pyrrole nitrogens is 1. The SMILES string of the molecule is O=C1[C@@H]2[C@H]3C[C@@H]([C@@H]2C(=O)N1c1ccccc1)[C@@H]1[C@H](c2cccs2)c2sc(=O)[nH]c2S[C@@H]31. The summed E-state index contributed by atoms with van der Waals surface area (Å²) in [5.74, 6) is 0.224. The van der Waals surface area contributed by atoms with Crippen molar-refractivity contribution in [3.05, 3.63) is 67.3 Å². The van der Waals surface area contributed by atoms with E-state index < -0.39 is 0 Å². The number of nitrogens with zero attached hydrogens (tertiary/aromatic N) is 1. The van der Waals surface area contributed by atoms with Gasteiger partial charge >= 0.3 is 4.87 Å². The molecule has 1 saturated heterocycles. The Kier molecular flexibility index (Phi) is 3.82. The van der Waals surface area contributed by atoms with Crippen molar-refractivity contribution in [2.75, 3.05) is 4.90 Å². The first kappa shape index (κ1) is 18.4. The number of nitrogens with one attached hydrogen (secondary N) is 1. The van der Waals surface area contributed by atoms with Crippen LogP contribution >= 0.6 is 34.4 Å². The van der Waals surface area contributed by atoms with E-state index in [1.165, 1.54) is 21.1 Å². The van der Waals surface area contributed by atoms with E-state index in [0.29, 0.717) is 5.69 Å². The molecule has 0 spiro atoms. The first-order chi connectivity index (χ1) is 15.1. The number of aromatic nitrogens is 1. The van der Waals surface area contributed by atoms with E-state index in [1.54, 1.807) is 23.1 Å². The first-order valence-electron chi connectivity index (χ1n) is 10.5. The van der Waals surface area contributed by atoms with E-state index in [0.717, 1.165) is 16.3 Å². The summed E-state index contributed by atoms with van der Waals surface area (Å²) in [6, 6.07) is 13.5. The Balaban J connectivity index is 1.34. The normalized spacial score (nSPS) is 35.4. The predicted molar refractivity (Wildman–Crippen MR) is 122 cm³/mol. The summed E-state index contributed by atoms with van der Waals surface area (Å²) < 4.78 is 0. The van der Waals surface area contributed by atoms with E-state index in [9.17, 15) is 14.4 Å². The number of carbonyl (C=O) groups excluding carboxylic acids is 2. The molecule has 3 fully saturated rings. The highest BCUT2D eigenvalue weighted by atomic mass is 32.2. The van der Waals surface area contributed by atoms with Gasteiger partial charge in [-0.3, -0.25) is 19.3 Å². The van der Waals surface area contributed by atoms with Crippen LogP contribution in [0.2, 0.25) is 0 Å². The van der Waals surface area contributed by atoms with Crippen molar-refractivity contribution in [2.24, 2.45) is 29.6 Å². The molecule has 31 heavy (non-hydrogen) atoms. The zero-order valence-electron chi connectivity index (χ0n) is 16.3. The Morgan fingerprint density at radius 2 is 1.71 bits per heavy atom. The number of aromatic amines is 1. The second kappa shape index (κ2) is 6.43. The van der Waals surface area contributed by atoms with E-state index in [2.05, 4.69) is 22.5 Å². The van der Waals surface area contributed by atoms with Gasteiger partial charge in [-0.1, -0.05) is 35.6 Å². The first-order valence-corrected chi connectivity index (χ1v) is 13.1. The fraction of sp³-hybridized carbons (Fsp3) is 0.348. The predicted octanol–water partition coefficient (Wildman–Crippen LogP) is 4.18. The highest BCUT2D eigenvalue weighted by Crippen LogP contribution is 2.68. The molecule has 2 aliphatic heterocycles. The van der Waals surface area contributed by atoms with Crippen LogP contribution in [0.1, 0.15) is 22.1 Å². The van der Waals surface area contributed by atoms with Crippen LogP contribution in [0.4, 0.5) is 5.69 Å². The van der Waals surface area contributed by atoms with E-state index >= 15 is 0 Å². The van der Waals surface area contributed by atoms with E-state index in [-0.39, 0.29) is 57.4 Å². The molecule has 4 aliphatic rings. The zero-order valence-corrected chi connectivity index (χ0v) is 18.7. The molecule has 0 radical (unpaired) electrons. The van der Waals surface area contributed by atoms with Crippen molar-refractivity contribution in [3.63, 3.8) is 0 Å². The number of imide groups is 1. The molecule has 2 aliphatic carbocycles. The van der Waals surface area contributed by atoms with Crippen molar-refractivity contribution in [1.29, 1.82) is 0 Å². The van der Waals surface area contributed by atoms with E-state index in [4.69, 9.17) is 0 Å². The Bertz CT molecular complexity index is 1260. The van der Waals surface area contributed by atoms with Gasteiger partial charge in [-0.25, -0.2) is 0 Å². The average molecular weight is 467 g/mol. The lowest BCUT2D eigenvalue weighted by Crippen LogP contribution is -2.42. The number of anilines is 1. The quantitative estimate of drug-likeness (QED) is 0.576. The number of hydrogen-bond acceptors (Lipinski definition) is 6. The van der Waals surface area contributed by atoms with Crippen molar-refractivity contribution in [3.8, 4) is 0 Å². The van der Waals surface area contributed by atoms with Crippen LogP contribution in [0.5, 0.6) is 0 Å². The Morgan fingerprint density at radius 3 is 2.45 bits per heavy atom. The van der Waals surface area contributed by atoms with Gasteiger partial charge in [0.25, 0.3) is 0 Å². The standard InChI is InChI=1S/C23H18N2O3S3/c26-21-15-11-9-12(16(15)22(27)25(21)10-5-2-1-3-6-10)18-14(11)17(13-7-4-8-29-13)19-20(30-18)24-23(28)31-19/h1-8,11-12,14-18H,9H2,(H,24,28)/t11-,12-,14-,15+,16-,17+,18+/m1/s1. The summed E-state index contributed by atoms with van der Waals surface area (Å²) in [5.41, 5.74) is 0.681. The van der Waals surface area contributed by atoms with Crippen molar-refractivity contribution < 1.29 is 9.59 Å². The molecule has 156 valence electrons. The van der Waals surface area contributed by atoms with Crippen LogP contribution in [0.3, 0.4) is 0 Å². The maximum atomic E-state index is 13.6. The van der Waals surface area contributed by atoms with Gasteiger partial charge in [-0.2, -0.15) is 0 Å². The topological polar surface area (TPSA) is 70.2 Å². The fourth-order valence-corrected chi connectivity index (χ4v) is 10.5. The minimum Gasteiger partial charge on any atom is -0.307 e. The summed E-state index contributed by atoms with van der Waals surface area (Å²) in [6.45, 7) is 0. The summed E-state index contributed by atoms with van der Waals surface area (Å²) in [6.07, 6.45) is 0.929. The van der Waals surface area contributed by atoms with Crippen LogP contribution in [0.15, 0.2) is 57.7 Å². The van der Waals surface area contributed by atoms with Gasteiger partial charge in [0.1, 0.15) is 0 Å². The Hall–Kier alpha value is -2.16. The fourth-order valence-electron chi connectivity index (χ4n) is 6.64. The highest BCUT2D eigenvalue weighted by Gasteiger charge is 2.69. The molecular weight excluding hydrogens is 448 g/mol. The van der Waals surface area contributed by atoms with Crippen LogP contribution < -0.4 is 9.77 Å². The molecule has 0 unspecified atom stereocenters. The number of hydrogen-bond donors (Lipinski definition) is 1. The Labute approximate surface area is 190 Å². The largest absolute Gasteiger partial charge is 0.307 e. The molecule has 2 amide bonds. The number of carbonyl (C=O) groups is 2. The summed E-state index contributed by atoms with van der Waals surface area (Å²) in [5, 5.41) is 3.30. The number of rotatable bonds is 2. The smallest absolute Gasteiger partial charge is 0.305 e. The lowest BCUT2D eigenvalue weighted by molar-refractivity contribution is -0.123. The third-order valence-electron chi connectivity index (χ3n) is 7.59. The third-order valence-corrected chi connectivity index (χ3v) is 11.1. The van der Waals surface area contributed by atoms with E-state index in [1.807, 2.05) is 30.3 Å². The van der Waals surface area contributed by atoms with Gasteiger partial charge in [0.15, 0.2) is 0 Å². The molecule has 8 heteroatoms. The second-order valence-corrected chi connectivity index (χ2v) is 12.0. The van der Waals surface area contributed by atoms with Gasteiger partial charge in [0, 0.05) is 20.9 Å². The van der Waals surface area contributed by atoms with Crippen molar-refractivity contribution in [2.45, 2.75) is 22.6 Å². The van der Waals surface area contributed by atoms with Gasteiger partial charge < -0.3 is 4.98 Å². The monoisotopic (exact) mass is 466 g/mol. The number of para-hydroxylation sites is 1. The summed E-state index contributed by atoms with van der Waals surface area (Å²) in [7, 11) is 0. The summed E-state index contributed by atoms with van der Waals surface area (Å²) >= 11 is 4.77. The summed E-state index contributed by atoms with van der Waals surface area (Å²) in [4.78, 5) is 46.1. The molecule has 7 atom stereocenters. The van der Waals surface area contributed by atoms with Gasteiger partial charge in [-0.15, -0.1) is 23.1 Å². The molecule has 5 nitrogen and oxygen atoms in total. The molecule has 3 aromatic rings. The third kappa shape index (κ3) is 2.36. The maximum Gasteiger partial charge on any atom is 0.305 e. The minimum atomic E-state index is -0.237. The molecule has 2 aromatic heterocycles. The number of benzene rings is 1. The maximum absolute atomic E-state index is 13.6. The highest BCUT2D eigenvalue weighted by molar-refractivity contribution is 8.00. The molecule has 2 bridgehead atoms. The Morgan fingerprint density at radius 1 is 0.935 bits per heavy atom. The minimum absolute atomic E-state index is 0.0195. The molecular formula is C23H18N2O3S3. The molecule has 1 N–H and O–H groups in total. The number of thiazole rings is 1. The lowest BCUT2D eigenvalue weighted by Gasteiger charge is -2.42. The number of thiophene rings is 1.